The van der Waals surface area contributed by atoms with Gasteiger partial charge in [-0.2, -0.15) is 0 Å². The van der Waals surface area contributed by atoms with Crippen LogP contribution in [0.2, 0.25) is 0 Å². The third kappa shape index (κ3) is 2.20. The molecular formula is C14H19N5. The van der Waals surface area contributed by atoms with E-state index in [4.69, 9.17) is 5.73 Å². The Morgan fingerprint density at radius 3 is 2.84 bits per heavy atom. The van der Waals surface area contributed by atoms with Gasteiger partial charge in [0.25, 0.3) is 0 Å². The standard InChI is InChI=1S/C14H19N5/c1-2-14(7-4-8-14)10-19-13(16-17-18-19)11-5-3-6-12(15)9-11/h3,5-6,9H,2,4,7-8,10,15H2,1H3. The molecule has 0 amide bonds. The van der Waals surface area contributed by atoms with Gasteiger partial charge in [-0.05, 0) is 47.2 Å². The van der Waals surface area contributed by atoms with Gasteiger partial charge in [-0.3, -0.25) is 0 Å². The van der Waals surface area contributed by atoms with Crippen LogP contribution < -0.4 is 5.73 Å². The maximum atomic E-state index is 5.83. The summed E-state index contributed by atoms with van der Waals surface area (Å²) in [6, 6.07) is 7.72. The molecule has 1 aromatic heterocycles. The van der Waals surface area contributed by atoms with Crippen molar-refractivity contribution in [1.82, 2.24) is 20.2 Å². The number of hydrogen-bond acceptors (Lipinski definition) is 4. The van der Waals surface area contributed by atoms with Gasteiger partial charge in [0.15, 0.2) is 5.82 Å². The van der Waals surface area contributed by atoms with Gasteiger partial charge < -0.3 is 5.73 Å². The van der Waals surface area contributed by atoms with E-state index in [1.807, 2.05) is 28.9 Å². The van der Waals surface area contributed by atoms with Gasteiger partial charge in [-0.15, -0.1) is 5.10 Å². The minimum atomic E-state index is 0.393. The Morgan fingerprint density at radius 2 is 2.21 bits per heavy atom. The number of benzene rings is 1. The monoisotopic (exact) mass is 257 g/mol. The molecular weight excluding hydrogens is 238 g/mol. The molecule has 0 radical (unpaired) electrons. The topological polar surface area (TPSA) is 69.6 Å². The molecule has 0 atom stereocenters. The molecule has 5 heteroatoms. The number of hydrogen-bond donors (Lipinski definition) is 1. The third-order valence-corrected chi connectivity index (χ3v) is 4.33. The van der Waals surface area contributed by atoms with E-state index in [-0.39, 0.29) is 0 Å². The van der Waals surface area contributed by atoms with Gasteiger partial charge >= 0.3 is 0 Å². The van der Waals surface area contributed by atoms with Crippen molar-refractivity contribution in [2.24, 2.45) is 5.41 Å². The number of rotatable bonds is 4. The van der Waals surface area contributed by atoms with E-state index in [1.54, 1.807) is 0 Å². The van der Waals surface area contributed by atoms with Crippen LogP contribution >= 0.6 is 0 Å². The fraction of sp³-hybridized carbons (Fsp3) is 0.500. The lowest BCUT2D eigenvalue weighted by Gasteiger charge is -2.41. The van der Waals surface area contributed by atoms with Crippen LogP contribution in [0.5, 0.6) is 0 Å². The molecule has 0 aliphatic heterocycles. The Bertz CT molecular complexity index is 565. The predicted molar refractivity (Wildman–Crippen MR) is 74.2 cm³/mol. The van der Waals surface area contributed by atoms with Gasteiger partial charge in [-0.25, -0.2) is 4.68 Å². The van der Waals surface area contributed by atoms with E-state index in [9.17, 15) is 0 Å². The lowest BCUT2D eigenvalue weighted by molar-refractivity contribution is 0.0948. The Labute approximate surface area is 112 Å². The Balaban J connectivity index is 1.90. The highest BCUT2D eigenvalue weighted by Gasteiger charge is 2.36. The quantitative estimate of drug-likeness (QED) is 0.854. The van der Waals surface area contributed by atoms with Crippen molar-refractivity contribution in [3.63, 3.8) is 0 Å². The summed E-state index contributed by atoms with van der Waals surface area (Å²) in [7, 11) is 0. The smallest absolute Gasteiger partial charge is 0.182 e. The second-order valence-electron chi connectivity index (χ2n) is 5.49. The molecule has 1 aliphatic rings. The third-order valence-electron chi connectivity index (χ3n) is 4.33. The lowest BCUT2D eigenvalue weighted by atomic mass is 9.67. The molecule has 0 saturated heterocycles. The van der Waals surface area contributed by atoms with E-state index >= 15 is 0 Å². The van der Waals surface area contributed by atoms with Crippen molar-refractivity contribution in [2.45, 2.75) is 39.2 Å². The maximum absolute atomic E-state index is 5.83. The summed E-state index contributed by atoms with van der Waals surface area (Å²) in [5.41, 5.74) is 7.94. The largest absolute Gasteiger partial charge is 0.399 e. The van der Waals surface area contributed by atoms with E-state index in [0.29, 0.717) is 5.41 Å². The highest BCUT2D eigenvalue weighted by molar-refractivity contribution is 5.60. The van der Waals surface area contributed by atoms with Crippen LogP contribution in [-0.4, -0.2) is 20.2 Å². The van der Waals surface area contributed by atoms with Crippen LogP contribution in [-0.2, 0) is 6.54 Å². The van der Waals surface area contributed by atoms with Crippen LogP contribution in [0, 0.1) is 5.41 Å². The Kier molecular flexibility index (Phi) is 2.97. The van der Waals surface area contributed by atoms with Gasteiger partial charge in [0.1, 0.15) is 0 Å². The van der Waals surface area contributed by atoms with Crippen molar-refractivity contribution < 1.29 is 0 Å². The van der Waals surface area contributed by atoms with Crippen molar-refractivity contribution in [3.8, 4) is 11.4 Å². The molecule has 1 aliphatic carbocycles. The normalized spacial score (nSPS) is 17.1. The van der Waals surface area contributed by atoms with E-state index in [0.717, 1.165) is 23.6 Å². The van der Waals surface area contributed by atoms with Gasteiger partial charge in [-0.1, -0.05) is 25.5 Å². The number of anilines is 1. The van der Waals surface area contributed by atoms with Crippen LogP contribution in [0.1, 0.15) is 32.6 Å². The van der Waals surface area contributed by atoms with E-state index in [2.05, 4.69) is 22.4 Å². The van der Waals surface area contributed by atoms with Gasteiger partial charge in [0.2, 0.25) is 0 Å². The van der Waals surface area contributed by atoms with Crippen molar-refractivity contribution in [3.05, 3.63) is 24.3 Å². The van der Waals surface area contributed by atoms with E-state index < -0.39 is 0 Å². The molecule has 2 N–H and O–H groups in total. The number of tetrazole rings is 1. The summed E-state index contributed by atoms with van der Waals surface area (Å²) in [5, 5.41) is 12.1. The zero-order valence-electron chi connectivity index (χ0n) is 11.2. The molecule has 1 saturated carbocycles. The Morgan fingerprint density at radius 1 is 1.37 bits per heavy atom. The zero-order chi connectivity index (χ0) is 13.3. The first-order valence-corrected chi connectivity index (χ1v) is 6.84. The molecule has 3 rings (SSSR count). The average Bonchev–Trinajstić information content (AvgIpc) is 2.82. The first-order chi connectivity index (χ1) is 9.22. The predicted octanol–water partition coefficient (Wildman–Crippen LogP) is 2.50. The first-order valence-electron chi connectivity index (χ1n) is 6.84. The SMILES string of the molecule is CCC1(Cn2nnnc2-c2cccc(N)c2)CCC1. The maximum Gasteiger partial charge on any atom is 0.182 e. The molecule has 5 nitrogen and oxygen atoms in total. The number of nitrogen functional groups attached to an aromatic ring is 1. The molecule has 1 heterocycles. The van der Waals surface area contributed by atoms with Crippen LogP contribution in [0.25, 0.3) is 11.4 Å². The lowest BCUT2D eigenvalue weighted by Crippen LogP contribution is -2.34. The Hall–Kier alpha value is -1.91. The highest BCUT2D eigenvalue weighted by Crippen LogP contribution is 2.45. The van der Waals surface area contributed by atoms with Crippen molar-refractivity contribution in [1.29, 1.82) is 0 Å². The molecule has 0 unspecified atom stereocenters. The average molecular weight is 257 g/mol. The fourth-order valence-electron chi connectivity index (χ4n) is 2.81. The van der Waals surface area contributed by atoms with Crippen LogP contribution in [0.4, 0.5) is 5.69 Å². The molecule has 19 heavy (non-hydrogen) atoms. The number of nitrogens with zero attached hydrogens (tertiary/aromatic N) is 4. The summed E-state index contributed by atoms with van der Waals surface area (Å²) in [4.78, 5) is 0. The molecule has 0 spiro atoms. The minimum absolute atomic E-state index is 0.393. The van der Waals surface area contributed by atoms with Crippen LogP contribution in [0.15, 0.2) is 24.3 Å². The highest BCUT2D eigenvalue weighted by atomic mass is 15.5. The first kappa shape index (κ1) is 12.1. The second-order valence-corrected chi connectivity index (χ2v) is 5.49. The van der Waals surface area contributed by atoms with Gasteiger partial charge in [0, 0.05) is 11.3 Å². The minimum Gasteiger partial charge on any atom is -0.399 e. The summed E-state index contributed by atoms with van der Waals surface area (Å²) in [6.07, 6.45) is 5.06. The summed E-state index contributed by atoms with van der Waals surface area (Å²) in [5.74, 6) is 0.812. The fourth-order valence-corrected chi connectivity index (χ4v) is 2.81. The van der Waals surface area contributed by atoms with Crippen molar-refractivity contribution in [2.75, 3.05) is 5.73 Å². The molecule has 2 aromatic rings. The summed E-state index contributed by atoms with van der Waals surface area (Å²) < 4.78 is 1.93. The summed E-state index contributed by atoms with van der Waals surface area (Å²) in [6.45, 7) is 3.16. The van der Waals surface area contributed by atoms with Crippen molar-refractivity contribution >= 4 is 5.69 Å². The van der Waals surface area contributed by atoms with Crippen LogP contribution in [0.3, 0.4) is 0 Å². The molecule has 0 bridgehead atoms. The zero-order valence-corrected chi connectivity index (χ0v) is 11.2. The molecule has 1 fully saturated rings. The molecule has 1 aromatic carbocycles. The second kappa shape index (κ2) is 4.64. The molecule has 100 valence electrons. The summed E-state index contributed by atoms with van der Waals surface area (Å²) >= 11 is 0. The van der Waals surface area contributed by atoms with Gasteiger partial charge in [0.05, 0.1) is 6.54 Å². The van der Waals surface area contributed by atoms with E-state index in [1.165, 1.54) is 25.7 Å². The number of aromatic nitrogens is 4. The number of nitrogens with two attached hydrogens (primary N) is 1.